The number of sulfonamides is 1. The van der Waals surface area contributed by atoms with Crippen molar-refractivity contribution in [2.45, 2.75) is 37.6 Å². The molecule has 120 valence electrons. The Labute approximate surface area is 136 Å². The van der Waals surface area contributed by atoms with Gasteiger partial charge in [-0.1, -0.05) is 6.07 Å². The predicted molar refractivity (Wildman–Crippen MR) is 91.3 cm³/mol. The van der Waals surface area contributed by atoms with Gasteiger partial charge in [-0.25, -0.2) is 0 Å². The summed E-state index contributed by atoms with van der Waals surface area (Å²) < 4.78 is 27.3. The summed E-state index contributed by atoms with van der Waals surface area (Å²) in [6.07, 6.45) is 1.66. The van der Waals surface area contributed by atoms with Gasteiger partial charge < -0.3 is 10.6 Å². The monoisotopic (exact) mass is 341 g/mol. The van der Waals surface area contributed by atoms with Gasteiger partial charge in [-0.15, -0.1) is 0 Å². The molecule has 0 unspecified atom stereocenters. The molecule has 6 nitrogen and oxygen atoms in total. The van der Waals surface area contributed by atoms with Crippen LogP contribution in [-0.2, 0) is 10.0 Å². The molecule has 0 bridgehead atoms. The summed E-state index contributed by atoms with van der Waals surface area (Å²) in [7, 11) is -3.58. The average Bonchev–Trinajstić information content (AvgIpc) is 2.90. The molecule has 0 aromatic heterocycles. The van der Waals surface area contributed by atoms with Crippen molar-refractivity contribution in [2.24, 2.45) is 0 Å². The second-order valence-corrected chi connectivity index (χ2v) is 7.49. The third-order valence-electron chi connectivity index (χ3n) is 3.02. The molecule has 22 heavy (non-hydrogen) atoms. The summed E-state index contributed by atoms with van der Waals surface area (Å²) >= 11 is 5.16. The fourth-order valence-corrected chi connectivity index (χ4v) is 3.58. The lowest BCUT2D eigenvalue weighted by Crippen LogP contribution is -2.72. The predicted octanol–water partition coefficient (Wildman–Crippen LogP) is -0.0674. The van der Waals surface area contributed by atoms with E-state index in [0.29, 0.717) is 16.6 Å². The van der Waals surface area contributed by atoms with Gasteiger partial charge >= 0.3 is 10.0 Å². The summed E-state index contributed by atoms with van der Waals surface area (Å²) in [4.78, 5) is 3.23. The molecular formula is C14H21N4O2S2+. The molecule has 0 saturated heterocycles. The smallest absolute Gasteiger partial charge is 0.328 e. The van der Waals surface area contributed by atoms with E-state index in [-0.39, 0.29) is 10.9 Å². The Balaban J connectivity index is 2.11. The highest BCUT2D eigenvalue weighted by molar-refractivity contribution is 7.90. The molecule has 0 amide bonds. The molecule has 2 rings (SSSR count). The second-order valence-electron chi connectivity index (χ2n) is 5.40. The number of nitrogens with one attached hydrogen (secondary N) is 4. The number of benzene rings is 1. The molecule has 8 heteroatoms. The van der Waals surface area contributed by atoms with Gasteiger partial charge in [0.05, 0.1) is 13.0 Å². The first-order valence-electron chi connectivity index (χ1n) is 7.17. The van der Waals surface area contributed by atoms with Crippen molar-refractivity contribution < 1.29 is 13.4 Å². The molecule has 1 heterocycles. The van der Waals surface area contributed by atoms with E-state index >= 15 is 0 Å². The van der Waals surface area contributed by atoms with Crippen LogP contribution in [-0.4, -0.2) is 32.0 Å². The number of anilines is 1. The van der Waals surface area contributed by atoms with Crippen LogP contribution in [0.2, 0.25) is 0 Å². The van der Waals surface area contributed by atoms with E-state index in [0.717, 1.165) is 19.4 Å². The summed E-state index contributed by atoms with van der Waals surface area (Å²) in [5, 5.41) is 6.50. The van der Waals surface area contributed by atoms with Crippen LogP contribution in [0.25, 0.3) is 0 Å². The maximum Gasteiger partial charge on any atom is 0.328 e. The van der Waals surface area contributed by atoms with E-state index in [9.17, 15) is 8.42 Å². The van der Waals surface area contributed by atoms with E-state index in [1.807, 2.05) is 13.8 Å². The zero-order chi connectivity index (χ0) is 16.2. The van der Waals surface area contributed by atoms with Crippen molar-refractivity contribution in [1.29, 1.82) is 0 Å². The van der Waals surface area contributed by atoms with Crippen molar-refractivity contribution in [3.05, 3.63) is 24.3 Å². The lowest BCUT2D eigenvalue weighted by molar-refractivity contribution is -0.448. The van der Waals surface area contributed by atoms with Crippen molar-refractivity contribution in [3.8, 4) is 0 Å². The third-order valence-corrected chi connectivity index (χ3v) is 4.63. The van der Waals surface area contributed by atoms with Gasteiger partial charge in [-0.05, 0) is 50.7 Å². The standard InChI is InChI=1S/C14H20N4O2S2/c1-10(2)16-14(21)17-11-5-3-6-12(9-11)22(19,20)18-13-7-4-8-15-13/h3,5-6,9-10H,4,7-8H2,1-2H3,(H,15,18)(H2,16,17,21)/p+1. The zero-order valence-electron chi connectivity index (χ0n) is 12.6. The van der Waals surface area contributed by atoms with Crippen LogP contribution in [0.3, 0.4) is 0 Å². The molecule has 1 aromatic carbocycles. The molecule has 0 fully saturated rings. The molecule has 1 aliphatic heterocycles. The van der Waals surface area contributed by atoms with Crippen LogP contribution >= 0.6 is 12.2 Å². The van der Waals surface area contributed by atoms with Gasteiger partial charge in [-0.3, -0.25) is 4.99 Å². The Bertz CT molecular complexity index is 684. The lowest BCUT2D eigenvalue weighted by atomic mass is 10.3. The number of hydrogen-bond acceptors (Lipinski definition) is 3. The van der Waals surface area contributed by atoms with Crippen molar-refractivity contribution in [1.82, 2.24) is 10.0 Å². The zero-order valence-corrected chi connectivity index (χ0v) is 14.3. The fraction of sp³-hybridized carbons (Fsp3) is 0.429. The second kappa shape index (κ2) is 7.06. The Morgan fingerprint density at radius 3 is 2.77 bits per heavy atom. The van der Waals surface area contributed by atoms with Crippen molar-refractivity contribution >= 4 is 38.9 Å². The van der Waals surface area contributed by atoms with Gasteiger partial charge in [0, 0.05) is 11.7 Å². The average molecular weight is 341 g/mol. The number of hydrogen-bond donors (Lipinski definition) is 4. The van der Waals surface area contributed by atoms with Crippen molar-refractivity contribution in [3.63, 3.8) is 0 Å². The van der Waals surface area contributed by atoms with Crippen LogP contribution in [0.5, 0.6) is 0 Å². The molecule has 1 aromatic rings. The van der Waals surface area contributed by atoms with E-state index in [4.69, 9.17) is 12.2 Å². The molecule has 0 radical (unpaired) electrons. The van der Waals surface area contributed by atoms with E-state index in [1.165, 1.54) is 0 Å². The van der Waals surface area contributed by atoms with E-state index in [2.05, 4.69) is 20.3 Å². The van der Waals surface area contributed by atoms with Gasteiger partial charge in [0.15, 0.2) is 5.11 Å². The van der Waals surface area contributed by atoms with Crippen LogP contribution in [0.15, 0.2) is 29.2 Å². The molecule has 4 N–H and O–H groups in total. The maximum absolute atomic E-state index is 12.4. The SMILES string of the molecule is CC(C)NC(=S)Nc1cccc(S(=O)(=O)NC2=[NH+]CCC2)c1. The van der Waals surface area contributed by atoms with Gasteiger partial charge in [0.1, 0.15) is 4.90 Å². The largest absolute Gasteiger partial charge is 0.360 e. The molecule has 0 aliphatic carbocycles. The highest BCUT2D eigenvalue weighted by Gasteiger charge is 2.24. The van der Waals surface area contributed by atoms with Gasteiger partial charge in [-0.2, -0.15) is 13.1 Å². The minimum absolute atomic E-state index is 0.200. The Hall–Kier alpha value is -1.67. The molecule has 1 aliphatic rings. The summed E-state index contributed by atoms with van der Waals surface area (Å²) in [6, 6.07) is 6.78. The number of rotatable bonds is 4. The Kier molecular flexibility index (Phi) is 5.36. The van der Waals surface area contributed by atoms with Crippen LogP contribution in [0.4, 0.5) is 5.69 Å². The molecule has 0 atom stereocenters. The van der Waals surface area contributed by atoms with Crippen LogP contribution < -0.4 is 20.3 Å². The quantitative estimate of drug-likeness (QED) is 0.577. The Morgan fingerprint density at radius 1 is 1.36 bits per heavy atom. The third kappa shape index (κ3) is 4.67. The van der Waals surface area contributed by atoms with E-state index < -0.39 is 10.0 Å². The normalized spacial score (nSPS) is 14.6. The lowest BCUT2D eigenvalue weighted by Gasteiger charge is -2.13. The fourth-order valence-electron chi connectivity index (χ4n) is 2.07. The van der Waals surface area contributed by atoms with Gasteiger partial charge in [0.2, 0.25) is 0 Å². The molecular weight excluding hydrogens is 320 g/mol. The molecule has 0 saturated carbocycles. The van der Waals surface area contributed by atoms with Crippen LogP contribution in [0, 0.1) is 0 Å². The van der Waals surface area contributed by atoms with Crippen molar-refractivity contribution in [2.75, 3.05) is 11.9 Å². The minimum Gasteiger partial charge on any atom is -0.360 e. The minimum atomic E-state index is -3.58. The summed E-state index contributed by atoms with van der Waals surface area (Å²) in [5.41, 5.74) is 0.630. The highest BCUT2D eigenvalue weighted by Crippen LogP contribution is 2.15. The van der Waals surface area contributed by atoms with Gasteiger partial charge in [0.25, 0.3) is 5.84 Å². The summed E-state index contributed by atoms with van der Waals surface area (Å²) in [6.45, 7) is 4.75. The Morgan fingerprint density at radius 2 is 2.14 bits per heavy atom. The maximum atomic E-state index is 12.4. The highest BCUT2D eigenvalue weighted by atomic mass is 32.2. The summed E-state index contributed by atoms with van der Waals surface area (Å²) in [5.74, 6) is 0.648. The number of thiocarbonyl (C=S) groups is 1. The van der Waals surface area contributed by atoms with Crippen LogP contribution in [0.1, 0.15) is 26.7 Å². The van der Waals surface area contributed by atoms with E-state index in [1.54, 1.807) is 24.3 Å². The first kappa shape index (κ1) is 16.7. The topological polar surface area (TPSA) is 84.2 Å². The molecule has 0 spiro atoms. The first-order chi connectivity index (χ1) is 10.4. The number of amidine groups is 1. The first-order valence-corrected chi connectivity index (χ1v) is 9.06.